The summed E-state index contributed by atoms with van der Waals surface area (Å²) in [5.41, 5.74) is 2.88. The van der Waals surface area contributed by atoms with E-state index in [-0.39, 0.29) is 24.4 Å². The van der Waals surface area contributed by atoms with Crippen LogP contribution in [0.3, 0.4) is 0 Å². The molecular weight excluding hydrogens is 371 g/mol. The van der Waals surface area contributed by atoms with E-state index in [1.54, 1.807) is 24.5 Å². The van der Waals surface area contributed by atoms with E-state index in [1.165, 1.54) is 6.07 Å². The number of carbonyl (C=O) groups is 1. The maximum absolute atomic E-state index is 13.9. The fourth-order valence-electron chi connectivity index (χ4n) is 3.94. The van der Waals surface area contributed by atoms with Crippen molar-refractivity contribution in [3.8, 4) is 0 Å². The van der Waals surface area contributed by atoms with Gasteiger partial charge in [0.05, 0.1) is 24.0 Å². The quantitative estimate of drug-likeness (QED) is 0.672. The molecule has 1 aliphatic rings. The Morgan fingerprint density at radius 1 is 1.28 bits per heavy atom. The lowest BCUT2D eigenvalue weighted by Gasteiger charge is -2.33. The SMILES string of the molecule is O=C(N[C@H]1CCCN(Cc2ccccc2F)C1)c1ccc2c(c1)ncn2CCO. The third kappa shape index (κ3) is 4.46. The van der Waals surface area contributed by atoms with Crippen LogP contribution in [-0.4, -0.2) is 51.2 Å². The molecule has 0 bridgehead atoms. The van der Waals surface area contributed by atoms with Crippen LogP contribution in [-0.2, 0) is 13.1 Å². The Morgan fingerprint density at radius 3 is 2.97 bits per heavy atom. The summed E-state index contributed by atoms with van der Waals surface area (Å²) in [6.07, 6.45) is 3.54. The van der Waals surface area contributed by atoms with E-state index in [4.69, 9.17) is 5.11 Å². The van der Waals surface area contributed by atoms with Crippen molar-refractivity contribution >= 4 is 16.9 Å². The van der Waals surface area contributed by atoms with Gasteiger partial charge in [-0.15, -0.1) is 0 Å². The molecule has 1 amide bonds. The molecule has 0 spiro atoms. The third-order valence-corrected chi connectivity index (χ3v) is 5.42. The van der Waals surface area contributed by atoms with Crippen LogP contribution in [0.1, 0.15) is 28.8 Å². The molecule has 4 rings (SSSR count). The number of rotatable bonds is 6. The first kappa shape index (κ1) is 19.5. The molecule has 2 N–H and O–H groups in total. The van der Waals surface area contributed by atoms with Gasteiger partial charge in [0.1, 0.15) is 5.82 Å². The molecule has 6 nitrogen and oxygen atoms in total. The molecule has 1 aliphatic heterocycles. The molecule has 29 heavy (non-hydrogen) atoms. The van der Waals surface area contributed by atoms with Gasteiger partial charge in [-0.3, -0.25) is 9.69 Å². The van der Waals surface area contributed by atoms with Gasteiger partial charge in [-0.2, -0.15) is 0 Å². The topological polar surface area (TPSA) is 70.4 Å². The normalized spacial score (nSPS) is 17.5. The molecule has 152 valence electrons. The number of hydrogen-bond donors (Lipinski definition) is 2. The molecule has 1 aromatic heterocycles. The lowest BCUT2D eigenvalue weighted by Crippen LogP contribution is -2.47. The van der Waals surface area contributed by atoms with Crippen molar-refractivity contribution in [2.24, 2.45) is 0 Å². The summed E-state index contributed by atoms with van der Waals surface area (Å²) < 4.78 is 15.8. The molecule has 0 unspecified atom stereocenters. The number of fused-ring (bicyclic) bond motifs is 1. The predicted molar refractivity (Wildman–Crippen MR) is 109 cm³/mol. The van der Waals surface area contributed by atoms with E-state index in [1.807, 2.05) is 22.8 Å². The van der Waals surface area contributed by atoms with Crippen molar-refractivity contribution < 1.29 is 14.3 Å². The highest BCUT2D eigenvalue weighted by molar-refractivity contribution is 5.97. The first-order valence-corrected chi connectivity index (χ1v) is 9.96. The third-order valence-electron chi connectivity index (χ3n) is 5.42. The largest absolute Gasteiger partial charge is 0.395 e. The van der Waals surface area contributed by atoms with Crippen molar-refractivity contribution in [1.82, 2.24) is 19.8 Å². The van der Waals surface area contributed by atoms with E-state index >= 15 is 0 Å². The zero-order valence-corrected chi connectivity index (χ0v) is 16.2. The summed E-state index contributed by atoms with van der Waals surface area (Å²) in [6, 6.07) is 12.3. The van der Waals surface area contributed by atoms with Gasteiger partial charge < -0.3 is 15.0 Å². The summed E-state index contributed by atoms with van der Waals surface area (Å²) in [5.74, 6) is -0.311. The molecule has 2 heterocycles. The summed E-state index contributed by atoms with van der Waals surface area (Å²) in [4.78, 5) is 19.3. The van der Waals surface area contributed by atoms with Crippen molar-refractivity contribution in [1.29, 1.82) is 0 Å². The molecule has 7 heteroatoms. The van der Waals surface area contributed by atoms with Crippen LogP contribution >= 0.6 is 0 Å². The summed E-state index contributed by atoms with van der Waals surface area (Å²) in [5, 5.41) is 12.2. The van der Waals surface area contributed by atoms with E-state index in [2.05, 4.69) is 15.2 Å². The minimum atomic E-state index is -0.187. The number of carbonyl (C=O) groups excluding carboxylic acids is 1. The summed E-state index contributed by atoms with van der Waals surface area (Å²) in [6.45, 7) is 2.66. The number of likely N-dealkylation sites (tertiary alicyclic amines) is 1. The van der Waals surface area contributed by atoms with E-state index in [9.17, 15) is 9.18 Å². The minimum Gasteiger partial charge on any atom is -0.395 e. The van der Waals surface area contributed by atoms with Crippen LogP contribution in [0.25, 0.3) is 11.0 Å². The highest BCUT2D eigenvalue weighted by atomic mass is 19.1. The second-order valence-electron chi connectivity index (χ2n) is 7.50. The number of aliphatic hydroxyl groups excluding tert-OH is 1. The second-order valence-corrected chi connectivity index (χ2v) is 7.50. The molecule has 1 fully saturated rings. The lowest BCUT2D eigenvalue weighted by molar-refractivity contribution is 0.0900. The zero-order valence-electron chi connectivity index (χ0n) is 16.2. The van der Waals surface area contributed by atoms with Gasteiger partial charge >= 0.3 is 0 Å². The number of aromatic nitrogens is 2. The van der Waals surface area contributed by atoms with Gasteiger partial charge in [-0.25, -0.2) is 9.37 Å². The average molecular weight is 396 g/mol. The van der Waals surface area contributed by atoms with Gasteiger partial charge in [0.15, 0.2) is 0 Å². The van der Waals surface area contributed by atoms with Gasteiger partial charge in [0.2, 0.25) is 0 Å². The van der Waals surface area contributed by atoms with Crippen LogP contribution in [0.15, 0.2) is 48.8 Å². The Balaban J connectivity index is 1.40. The number of aliphatic hydroxyl groups is 1. The molecule has 2 aromatic carbocycles. The molecule has 0 radical (unpaired) electrons. The number of hydrogen-bond acceptors (Lipinski definition) is 4. The maximum Gasteiger partial charge on any atom is 0.251 e. The number of nitrogens with zero attached hydrogens (tertiary/aromatic N) is 3. The smallest absolute Gasteiger partial charge is 0.251 e. The molecule has 0 aliphatic carbocycles. The first-order chi connectivity index (χ1) is 14.1. The standard InChI is InChI=1S/C22H25FN4O2/c23-19-6-2-1-4-17(19)13-26-9-3-5-18(14-26)25-22(29)16-7-8-21-20(12-16)24-15-27(21)10-11-28/h1-2,4,6-8,12,15,18,28H,3,5,9-11,13-14H2,(H,25,29)/t18-/m0/s1. The van der Waals surface area contributed by atoms with Crippen LogP contribution in [0.5, 0.6) is 0 Å². The predicted octanol–water partition coefficient (Wildman–Crippen LogP) is 2.56. The summed E-state index contributed by atoms with van der Waals surface area (Å²) in [7, 11) is 0. The van der Waals surface area contributed by atoms with Crippen LogP contribution in [0.2, 0.25) is 0 Å². The number of benzene rings is 2. The monoisotopic (exact) mass is 396 g/mol. The van der Waals surface area contributed by atoms with Crippen molar-refractivity contribution in [2.45, 2.75) is 32.0 Å². The van der Waals surface area contributed by atoms with E-state index in [0.29, 0.717) is 30.8 Å². The molecule has 1 saturated heterocycles. The Hall–Kier alpha value is -2.77. The Kier molecular flexibility index (Phi) is 5.87. The van der Waals surface area contributed by atoms with Gasteiger partial charge in [0.25, 0.3) is 5.91 Å². The number of halogens is 1. The average Bonchev–Trinajstić information content (AvgIpc) is 3.12. The Morgan fingerprint density at radius 2 is 2.14 bits per heavy atom. The number of amides is 1. The molecule has 1 atom stereocenters. The maximum atomic E-state index is 13.9. The van der Waals surface area contributed by atoms with Gasteiger partial charge in [-0.05, 0) is 43.7 Å². The zero-order chi connectivity index (χ0) is 20.2. The highest BCUT2D eigenvalue weighted by Gasteiger charge is 2.23. The molecular formula is C22H25FN4O2. The fraction of sp³-hybridized carbons (Fsp3) is 0.364. The summed E-state index contributed by atoms with van der Waals surface area (Å²) >= 11 is 0. The highest BCUT2D eigenvalue weighted by Crippen LogP contribution is 2.18. The number of nitrogens with one attached hydrogen (secondary N) is 1. The van der Waals surface area contributed by atoms with Crippen molar-refractivity contribution in [2.75, 3.05) is 19.7 Å². The van der Waals surface area contributed by atoms with Gasteiger partial charge in [-0.1, -0.05) is 18.2 Å². The van der Waals surface area contributed by atoms with Crippen molar-refractivity contribution in [3.05, 3.63) is 65.7 Å². The van der Waals surface area contributed by atoms with Crippen LogP contribution in [0.4, 0.5) is 4.39 Å². The van der Waals surface area contributed by atoms with E-state index in [0.717, 1.165) is 30.4 Å². The molecule has 0 saturated carbocycles. The van der Waals surface area contributed by atoms with Crippen LogP contribution < -0.4 is 5.32 Å². The van der Waals surface area contributed by atoms with Crippen molar-refractivity contribution in [3.63, 3.8) is 0 Å². The fourth-order valence-corrected chi connectivity index (χ4v) is 3.94. The second kappa shape index (κ2) is 8.71. The lowest BCUT2D eigenvalue weighted by atomic mass is 10.0. The van der Waals surface area contributed by atoms with Crippen LogP contribution in [0, 0.1) is 5.82 Å². The Bertz CT molecular complexity index is 1000. The minimum absolute atomic E-state index is 0.0330. The van der Waals surface area contributed by atoms with Gasteiger partial charge in [0, 0.05) is 36.8 Å². The first-order valence-electron chi connectivity index (χ1n) is 9.96. The van der Waals surface area contributed by atoms with E-state index < -0.39 is 0 Å². The number of piperidine rings is 1. The number of imidazole rings is 1. The molecule has 3 aromatic rings. The Labute approximate surface area is 169 Å².